The lowest BCUT2D eigenvalue weighted by atomic mass is 10.0. The van der Waals surface area contributed by atoms with Gasteiger partial charge in [-0.2, -0.15) is 0 Å². The van der Waals surface area contributed by atoms with Crippen LogP contribution in [0.1, 0.15) is 41.8 Å². The molecular weight excluding hydrogens is 298 g/mol. The van der Waals surface area contributed by atoms with Gasteiger partial charge in [-0.15, -0.1) is 0 Å². The summed E-state index contributed by atoms with van der Waals surface area (Å²) in [4.78, 5) is 14.6. The lowest BCUT2D eigenvalue weighted by molar-refractivity contribution is 0.0672. The van der Waals surface area contributed by atoms with Gasteiger partial charge in [0, 0.05) is 18.2 Å². The molecule has 1 amide bonds. The first-order valence-corrected chi connectivity index (χ1v) is 9.60. The van der Waals surface area contributed by atoms with E-state index in [1.807, 2.05) is 45.9 Å². The zero-order chi connectivity index (χ0) is 16.5. The van der Waals surface area contributed by atoms with Crippen molar-refractivity contribution in [3.8, 4) is 0 Å². The second-order valence-corrected chi connectivity index (χ2v) is 8.94. The fourth-order valence-electron chi connectivity index (χ4n) is 2.85. The SMILES string of the molecule is Cc1ccc(C(=O)N(CC(C)C)[C@@H]2CCS(=O)(=O)C2)cc1C. The second kappa shape index (κ2) is 6.41. The van der Waals surface area contributed by atoms with E-state index in [0.29, 0.717) is 24.4 Å². The van der Waals surface area contributed by atoms with Gasteiger partial charge in [0.05, 0.1) is 11.5 Å². The van der Waals surface area contributed by atoms with Crippen molar-refractivity contribution in [1.82, 2.24) is 4.90 Å². The molecule has 0 saturated carbocycles. The Morgan fingerprint density at radius 3 is 2.45 bits per heavy atom. The molecule has 0 aliphatic carbocycles. The summed E-state index contributed by atoms with van der Waals surface area (Å²) in [6.07, 6.45) is 0.547. The maximum atomic E-state index is 12.9. The number of carbonyl (C=O) groups excluding carboxylic acids is 1. The van der Waals surface area contributed by atoms with Gasteiger partial charge in [-0.3, -0.25) is 4.79 Å². The Labute approximate surface area is 133 Å². The van der Waals surface area contributed by atoms with Crippen molar-refractivity contribution in [3.05, 3.63) is 34.9 Å². The highest BCUT2D eigenvalue weighted by Crippen LogP contribution is 2.22. The van der Waals surface area contributed by atoms with Crippen LogP contribution in [0.25, 0.3) is 0 Å². The molecule has 22 heavy (non-hydrogen) atoms. The summed E-state index contributed by atoms with van der Waals surface area (Å²) >= 11 is 0. The molecule has 0 radical (unpaired) electrons. The van der Waals surface area contributed by atoms with Crippen molar-refractivity contribution in [2.75, 3.05) is 18.1 Å². The van der Waals surface area contributed by atoms with Crippen LogP contribution in [0.15, 0.2) is 18.2 Å². The highest BCUT2D eigenvalue weighted by molar-refractivity contribution is 7.91. The van der Waals surface area contributed by atoms with Crippen molar-refractivity contribution in [2.45, 2.75) is 40.2 Å². The van der Waals surface area contributed by atoms with Gasteiger partial charge in [-0.1, -0.05) is 19.9 Å². The van der Waals surface area contributed by atoms with Crippen molar-refractivity contribution in [3.63, 3.8) is 0 Å². The van der Waals surface area contributed by atoms with Crippen LogP contribution in [0.5, 0.6) is 0 Å². The fraction of sp³-hybridized carbons (Fsp3) is 0.588. The molecule has 2 rings (SSSR count). The van der Waals surface area contributed by atoms with E-state index in [1.54, 1.807) is 4.90 Å². The molecule has 1 aromatic rings. The Morgan fingerprint density at radius 1 is 1.27 bits per heavy atom. The average molecular weight is 323 g/mol. The summed E-state index contributed by atoms with van der Waals surface area (Å²) in [5.41, 5.74) is 2.87. The zero-order valence-corrected chi connectivity index (χ0v) is 14.6. The van der Waals surface area contributed by atoms with E-state index in [0.717, 1.165) is 11.1 Å². The molecule has 0 spiro atoms. The van der Waals surface area contributed by atoms with E-state index in [9.17, 15) is 13.2 Å². The van der Waals surface area contributed by atoms with Crippen LogP contribution >= 0.6 is 0 Å². The molecule has 122 valence electrons. The standard InChI is InChI=1S/C17H25NO3S/c1-12(2)10-18(16-7-8-22(20,21)11-16)17(19)15-6-5-13(3)14(4)9-15/h5-6,9,12,16H,7-8,10-11H2,1-4H3/t16-/m1/s1. The molecule has 1 aliphatic heterocycles. The number of hydrogen-bond acceptors (Lipinski definition) is 3. The van der Waals surface area contributed by atoms with E-state index in [2.05, 4.69) is 0 Å². The third-order valence-corrected chi connectivity index (χ3v) is 5.98. The smallest absolute Gasteiger partial charge is 0.254 e. The number of rotatable bonds is 4. The second-order valence-electron chi connectivity index (χ2n) is 6.71. The Kier molecular flexibility index (Phi) is 4.95. The van der Waals surface area contributed by atoms with Gasteiger partial charge in [0.25, 0.3) is 5.91 Å². The topological polar surface area (TPSA) is 54.5 Å². The quantitative estimate of drug-likeness (QED) is 0.856. The fourth-order valence-corrected chi connectivity index (χ4v) is 4.58. The van der Waals surface area contributed by atoms with Crippen molar-refractivity contribution >= 4 is 15.7 Å². The van der Waals surface area contributed by atoms with E-state index in [-0.39, 0.29) is 23.5 Å². The van der Waals surface area contributed by atoms with E-state index in [4.69, 9.17) is 0 Å². The summed E-state index contributed by atoms with van der Waals surface area (Å²) in [6, 6.07) is 5.48. The third kappa shape index (κ3) is 3.88. The Balaban J connectivity index is 2.28. The summed E-state index contributed by atoms with van der Waals surface area (Å²) < 4.78 is 23.5. The molecule has 1 heterocycles. The lowest BCUT2D eigenvalue weighted by Crippen LogP contribution is -2.43. The van der Waals surface area contributed by atoms with Crippen LogP contribution in [0.2, 0.25) is 0 Å². The first-order valence-electron chi connectivity index (χ1n) is 7.78. The normalized spacial score (nSPS) is 20.3. The minimum Gasteiger partial charge on any atom is -0.334 e. The molecule has 1 atom stereocenters. The predicted molar refractivity (Wildman–Crippen MR) is 88.8 cm³/mol. The van der Waals surface area contributed by atoms with Gasteiger partial charge in [0.1, 0.15) is 0 Å². The molecular formula is C17H25NO3S. The maximum absolute atomic E-state index is 12.9. The summed E-state index contributed by atoms with van der Waals surface area (Å²) in [6.45, 7) is 8.68. The highest BCUT2D eigenvalue weighted by atomic mass is 32.2. The largest absolute Gasteiger partial charge is 0.334 e. The Hall–Kier alpha value is -1.36. The third-order valence-electron chi connectivity index (χ3n) is 4.23. The summed E-state index contributed by atoms with van der Waals surface area (Å²) in [5, 5.41) is 0. The number of sulfone groups is 1. The average Bonchev–Trinajstić information content (AvgIpc) is 2.78. The molecule has 0 bridgehead atoms. The van der Waals surface area contributed by atoms with Gasteiger partial charge >= 0.3 is 0 Å². The molecule has 0 aromatic heterocycles. The number of benzene rings is 1. The minimum absolute atomic E-state index is 0.0566. The molecule has 0 unspecified atom stereocenters. The van der Waals surface area contributed by atoms with E-state index in [1.165, 1.54) is 0 Å². The molecule has 1 aromatic carbocycles. The predicted octanol–water partition coefficient (Wildman–Crippen LogP) is 2.59. The lowest BCUT2D eigenvalue weighted by Gasteiger charge is -2.30. The molecule has 4 nitrogen and oxygen atoms in total. The van der Waals surface area contributed by atoms with Crippen LogP contribution in [0, 0.1) is 19.8 Å². The highest BCUT2D eigenvalue weighted by Gasteiger charge is 2.35. The van der Waals surface area contributed by atoms with Gasteiger partial charge in [0.15, 0.2) is 9.84 Å². The molecule has 1 saturated heterocycles. The van der Waals surface area contributed by atoms with Crippen LogP contribution < -0.4 is 0 Å². The number of amides is 1. The summed E-state index contributed by atoms with van der Waals surface area (Å²) in [7, 11) is -3.00. The van der Waals surface area contributed by atoms with Crippen LogP contribution in [0.3, 0.4) is 0 Å². The number of carbonyl (C=O) groups is 1. The van der Waals surface area contributed by atoms with Crippen LogP contribution in [-0.4, -0.2) is 43.3 Å². The summed E-state index contributed by atoms with van der Waals surface area (Å²) in [5.74, 6) is 0.528. The van der Waals surface area contributed by atoms with Crippen molar-refractivity contribution < 1.29 is 13.2 Å². The van der Waals surface area contributed by atoms with Crippen molar-refractivity contribution in [2.24, 2.45) is 5.92 Å². The van der Waals surface area contributed by atoms with Crippen LogP contribution in [0.4, 0.5) is 0 Å². The molecule has 1 fully saturated rings. The van der Waals surface area contributed by atoms with E-state index < -0.39 is 9.84 Å². The van der Waals surface area contributed by atoms with Gasteiger partial charge in [0.2, 0.25) is 0 Å². The number of nitrogens with zero attached hydrogens (tertiary/aromatic N) is 1. The zero-order valence-electron chi connectivity index (χ0n) is 13.8. The number of aryl methyl sites for hydroxylation is 2. The first kappa shape index (κ1) is 17.0. The minimum atomic E-state index is -3.00. The molecule has 1 aliphatic rings. The van der Waals surface area contributed by atoms with E-state index >= 15 is 0 Å². The van der Waals surface area contributed by atoms with Crippen LogP contribution in [-0.2, 0) is 9.84 Å². The molecule has 0 N–H and O–H groups in total. The maximum Gasteiger partial charge on any atom is 0.254 e. The Bertz CT molecular complexity index is 664. The monoisotopic (exact) mass is 323 g/mol. The Morgan fingerprint density at radius 2 is 1.95 bits per heavy atom. The number of hydrogen-bond donors (Lipinski definition) is 0. The first-order chi connectivity index (χ1) is 10.2. The van der Waals surface area contributed by atoms with Gasteiger partial charge < -0.3 is 4.90 Å². The van der Waals surface area contributed by atoms with Crippen molar-refractivity contribution in [1.29, 1.82) is 0 Å². The van der Waals surface area contributed by atoms with Gasteiger partial charge in [-0.25, -0.2) is 8.42 Å². The molecule has 5 heteroatoms. The van der Waals surface area contributed by atoms with Gasteiger partial charge in [-0.05, 0) is 49.4 Å².